The summed E-state index contributed by atoms with van der Waals surface area (Å²) >= 11 is 1.38. The fraction of sp³-hybridized carbons (Fsp3) is 0.296. The average Bonchev–Trinajstić information content (AvgIpc) is 3.61. The van der Waals surface area contributed by atoms with Crippen molar-refractivity contribution in [3.05, 3.63) is 78.1 Å². The molecule has 0 spiro atoms. The molecule has 1 unspecified atom stereocenters. The van der Waals surface area contributed by atoms with Crippen LogP contribution in [0, 0.1) is 0 Å². The number of aromatic nitrogens is 2. The Kier molecular flexibility index (Phi) is 7.70. The molecule has 0 radical (unpaired) electrons. The first-order valence-corrected chi connectivity index (χ1v) is 14.4. The van der Waals surface area contributed by atoms with Gasteiger partial charge in [-0.25, -0.2) is 13.4 Å². The Bertz CT molecular complexity index is 1520. The number of ether oxygens (including phenoxy) is 2. The van der Waals surface area contributed by atoms with Crippen LogP contribution in [0.15, 0.2) is 71.8 Å². The van der Waals surface area contributed by atoms with E-state index < -0.39 is 10.0 Å². The van der Waals surface area contributed by atoms with Gasteiger partial charge in [0.2, 0.25) is 10.0 Å². The predicted octanol–water partition coefficient (Wildman–Crippen LogP) is 4.35. The van der Waals surface area contributed by atoms with E-state index in [9.17, 15) is 13.2 Å². The molecule has 9 nitrogen and oxygen atoms in total. The lowest BCUT2D eigenvalue weighted by molar-refractivity contribution is 0.0978. The topological polar surface area (TPSA) is 102 Å². The normalized spacial score (nSPS) is 15.7. The molecule has 4 aromatic rings. The highest BCUT2D eigenvalue weighted by atomic mass is 32.2. The van der Waals surface area contributed by atoms with Gasteiger partial charge >= 0.3 is 0 Å². The molecular formula is C27H28N4O5S2. The number of carbonyl (C=O) groups is 1. The monoisotopic (exact) mass is 552 g/mol. The van der Waals surface area contributed by atoms with Crippen molar-refractivity contribution < 1.29 is 22.7 Å². The number of methoxy groups -OCH3 is 1. The highest BCUT2D eigenvalue weighted by Crippen LogP contribution is 2.33. The molecular weight excluding hydrogens is 524 g/mol. The van der Waals surface area contributed by atoms with Crippen LogP contribution in [0.1, 0.15) is 28.9 Å². The molecule has 11 heteroatoms. The number of amides is 1. The molecule has 0 saturated carbocycles. The molecule has 3 heterocycles. The van der Waals surface area contributed by atoms with Crippen molar-refractivity contribution in [2.24, 2.45) is 0 Å². The Hall–Kier alpha value is -3.38. The zero-order valence-corrected chi connectivity index (χ0v) is 22.7. The zero-order valence-electron chi connectivity index (χ0n) is 21.1. The first-order valence-electron chi connectivity index (χ1n) is 12.2. The maximum Gasteiger partial charge on any atom is 0.260 e. The summed E-state index contributed by atoms with van der Waals surface area (Å²) in [5, 5.41) is 0.511. The molecule has 5 rings (SSSR count). The van der Waals surface area contributed by atoms with Crippen molar-refractivity contribution in [1.29, 1.82) is 0 Å². The third-order valence-electron chi connectivity index (χ3n) is 6.40. The van der Waals surface area contributed by atoms with Gasteiger partial charge in [0.1, 0.15) is 5.75 Å². The molecule has 2 aromatic carbocycles. The minimum absolute atomic E-state index is 0.0930. The van der Waals surface area contributed by atoms with Crippen LogP contribution >= 0.6 is 11.3 Å². The van der Waals surface area contributed by atoms with Crippen LogP contribution in [0.4, 0.5) is 5.13 Å². The van der Waals surface area contributed by atoms with Crippen molar-refractivity contribution in [2.75, 3.05) is 32.2 Å². The molecule has 1 atom stereocenters. The van der Waals surface area contributed by atoms with Gasteiger partial charge in [-0.15, -0.1) is 0 Å². The summed E-state index contributed by atoms with van der Waals surface area (Å²) in [6.07, 6.45) is 3.36. The molecule has 1 fully saturated rings. The number of thiazole rings is 1. The minimum Gasteiger partial charge on any atom is -0.497 e. The van der Waals surface area contributed by atoms with E-state index in [0.29, 0.717) is 35.3 Å². The number of likely N-dealkylation sites (N-methyl/N-ethyl adjacent to an activating group) is 1. The van der Waals surface area contributed by atoms with E-state index in [0.717, 1.165) is 23.1 Å². The molecule has 2 aromatic heterocycles. The summed E-state index contributed by atoms with van der Waals surface area (Å²) in [5.74, 6) is 0.398. The van der Waals surface area contributed by atoms with Crippen LogP contribution in [0.2, 0.25) is 0 Å². The molecule has 0 N–H and O–H groups in total. The van der Waals surface area contributed by atoms with Gasteiger partial charge in [-0.1, -0.05) is 17.4 Å². The van der Waals surface area contributed by atoms with Crippen LogP contribution < -0.4 is 9.64 Å². The first kappa shape index (κ1) is 26.2. The fourth-order valence-corrected chi connectivity index (χ4v) is 6.49. The lowest BCUT2D eigenvalue weighted by Gasteiger charge is -2.21. The smallest absolute Gasteiger partial charge is 0.260 e. The van der Waals surface area contributed by atoms with Crippen molar-refractivity contribution in [3.63, 3.8) is 0 Å². The number of pyridine rings is 1. The van der Waals surface area contributed by atoms with E-state index in [4.69, 9.17) is 9.47 Å². The standard InChI is InChI=1S/C27H28N4O5S2/c1-30(18-22-7-5-15-36-22)38(33,34)23-11-8-19(9-12-23)26(32)31(17-20-6-3-4-14-28-20)27-29-24-13-10-21(35-2)16-25(24)37-27/h3-4,6,8-14,16,22H,5,7,15,17-18H2,1-2H3. The van der Waals surface area contributed by atoms with Crippen LogP contribution in [-0.2, 0) is 21.3 Å². The Balaban J connectivity index is 1.42. The maximum atomic E-state index is 13.7. The number of benzene rings is 2. The summed E-state index contributed by atoms with van der Waals surface area (Å²) in [4.78, 5) is 24.5. The molecule has 1 amide bonds. The second kappa shape index (κ2) is 11.2. The van der Waals surface area contributed by atoms with E-state index in [2.05, 4.69) is 9.97 Å². The summed E-state index contributed by atoms with van der Waals surface area (Å²) < 4.78 is 39.3. The summed E-state index contributed by atoms with van der Waals surface area (Å²) in [6.45, 7) is 1.16. The van der Waals surface area contributed by atoms with Crippen molar-refractivity contribution in [1.82, 2.24) is 14.3 Å². The van der Waals surface area contributed by atoms with E-state index in [-0.39, 0.29) is 23.5 Å². The molecule has 0 aliphatic carbocycles. The predicted molar refractivity (Wildman–Crippen MR) is 146 cm³/mol. The zero-order chi connectivity index (χ0) is 26.7. The van der Waals surface area contributed by atoms with E-state index in [1.54, 1.807) is 25.3 Å². The number of hydrogen-bond acceptors (Lipinski definition) is 8. The molecule has 1 aliphatic heterocycles. The average molecular weight is 553 g/mol. The highest BCUT2D eigenvalue weighted by Gasteiger charge is 2.27. The number of nitrogens with zero attached hydrogens (tertiary/aromatic N) is 4. The number of sulfonamides is 1. The van der Waals surface area contributed by atoms with E-state index in [1.165, 1.54) is 39.9 Å². The van der Waals surface area contributed by atoms with Crippen LogP contribution in [0.3, 0.4) is 0 Å². The number of hydrogen-bond donors (Lipinski definition) is 0. The van der Waals surface area contributed by atoms with Gasteiger partial charge in [-0.3, -0.25) is 14.7 Å². The third kappa shape index (κ3) is 5.56. The van der Waals surface area contributed by atoms with Gasteiger partial charge in [-0.05, 0) is 67.4 Å². The van der Waals surface area contributed by atoms with Gasteiger partial charge in [0.15, 0.2) is 5.13 Å². The second-order valence-electron chi connectivity index (χ2n) is 8.99. The van der Waals surface area contributed by atoms with Crippen LogP contribution in [0.5, 0.6) is 5.75 Å². The van der Waals surface area contributed by atoms with Crippen molar-refractivity contribution in [3.8, 4) is 5.75 Å². The Morgan fingerprint density at radius 2 is 1.97 bits per heavy atom. The summed E-state index contributed by atoms with van der Waals surface area (Å²) in [5.41, 5.74) is 1.80. The molecule has 198 valence electrons. The SMILES string of the molecule is COc1ccc2nc(N(Cc3ccccn3)C(=O)c3ccc(S(=O)(=O)N(C)CC4CCCO4)cc3)sc2c1. The van der Waals surface area contributed by atoms with Crippen molar-refractivity contribution in [2.45, 2.75) is 30.4 Å². The Morgan fingerprint density at radius 1 is 1.16 bits per heavy atom. The molecule has 0 bridgehead atoms. The Labute approximate surface area is 225 Å². The third-order valence-corrected chi connectivity index (χ3v) is 9.28. The lowest BCUT2D eigenvalue weighted by Crippen LogP contribution is -2.34. The maximum absolute atomic E-state index is 13.7. The minimum atomic E-state index is -3.72. The first-order chi connectivity index (χ1) is 18.3. The van der Waals surface area contributed by atoms with Gasteiger partial charge in [0.05, 0.1) is 40.6 Å². The van der Waals surface area contributed by atoms with Gasteiger partial charge in [0.25, 0.3) is 5.91 Å². The molecule has 1 aliphatic rings. The molecule has 1 saturated heterocycles. The number of rotatable bonds is 9. The largest absolute Gasteiger partial charge is 0.497 e. The van der Waals surface area contributed by atoms with Crippen LogP contribution in [-0.4, -0.2) is 62.0 Å². The Morgan fingerprint density at radius 3 is 2.66 bits per heavy atom. The summed E-state index contributed by atoms with van der Waals surface area (Å²) in [6, 6.07) is 17.1. The van der Waals surface area contributed by atoms with Crippen molar-refractivity contribution >= 4 is 42.6 Å². The second-order valence-corrected chi connectivity index (χ2v) is 12.0. The quantitative estimate of drug-likeness (QED) is 0.304. The number of fused-ring (bicyclic) bond motifs is 1. The van der Waals surface area contributed by atoms with Gasteiger partial charge in [-0.2, -0.15) is 4.31 Å². The van der Waals surface area contributed by atoms with Gasteiger partial charge < -0.3 is 9.47 Å². The highest BCUT2D eigenvalue weighted by molar-refractivity contribution is 7.89. The number of carbonyl (C=O) groups excluding carboxylic acids is 1. The van der Waals surface area contributed by atoms with E-state index in [1.807, 2.05) is 36.4 Å². The van der Waals surface area contributed by atoms with Gasteiger partial charge in [0, 0.05) is 32.0 Å². The number of anilines is 1. The summed E-state index contributed by atoms with van der Waals surface area (Å²) in [7, 11) is -0.568. The van der Waals surface area contributed by atoms with E-state index >= 15 is 0 Å². The van der Waals surface area contributed by atoms with Crippen LogP contribution in [0.25, 0.3) is 10.2 Å². The fourth-order valence-electron chi connectivity index (χ4n) is 4.29. The molecule has 38 heavy (non-hydrogen) atoms. The lowest BCUT2D eigenvalue weighted by atomic mass is 10.2.